The molecule has 0 aliphatic rings. The topological polar surface area (TPSA) is 55.1 Å². The highest BCUT2D eigenvalue weighted by molar-refractivity contribution is 9.10. The quantitative estimate of drug-likeness (QED) is 0.892. The highest BCUT2D eigenvalue weighted by Gasteiger charge is 2.16. The molecule has 1 heterocycles. The number of nitrogens with one attached hydrogen (secondary N) is 1. The largest absolute Gasteiger partial charge is 0.350 e. The predicted octanol–water partition coefficient (Wildman–Crippen LogP) is 2.11. The fourth-order valence-corrected chi connectivity index (χ4v) is 2.43. The molecule has 1 amide bonds. The van der Waals surface area contributed by atoms with Crippen LogP contribution in [0.2, 0.25) is 0 Å². The molecule has 0 aliphatic carbocycles. The van der Waals surface area contributed by atoms with E-state index in [-0.39, 0.29) is 11.8 Å². The molecule has 0 fully saturated rings. The maximum Gasteiger partial charge on any atom is 0.237 e. The first-order valence-electron chi connectivity index (χ1n) is 4.77. The van der Waals surface area contributed by atoms with Gasteiger partial charge in [-0.05, 0) is 27.9 Å². The molecule has 1 rings (SSSR count). The summed E-state index contributed by atoms with van der Waals surface area (Å²) in [5.74, 6) is 0.0783. The van der Waals surface area contributed by atoms with E-state index >= 15 is 0 Å². The molecular weight excluding hydrogens is 276 g/mol. The van der Waals surface area contributed by atoms with Crippen LogP contribution in [0.25, 0.3) is 0 Å². The number of carbonyl (C=O) groups is 1. The molecule has 84 valence electrons. The van der Waals surface area contributed by atoms with Crippen LogP contribution in [0, 0.1) is 5.92 Å². The number of rotatable bonds is 4. The van der Waals surface area contributed by atoms with Crippen LogP contribution < -0.4 is 11.1 Å². The zero-order chi connectivity index (χ0) is 11.4. The van der Waals surface area contributed by atoms with Gasteiger partial charge in [0.15, 0.2) is 0 Å². The molecule has 0 unspecified atom stereocenters. The maximum absolute atomic E-state index is 11.5. The fourth-order valence-electron chi connectivity index (χ4n) is 1.04. The zero-order valence-electron chi connectivity index (χ0n) is 8.79. The second-order valence-electron chi connectivity index (χ2n) is 3.72. The van der Waals surface area contributed by atoms with Gasteiger partial charge >= 0.3 is 0 Å². The van der Waals surface area contributed by atoms with Crippen molar-refractivity contribution < 1.29 is 4.79 Å². The van der Waals surface area contributed by atoms with E-state index in [1.54, 1.807) is 11.3 Å². The summed E-state index contributed by atoms with van der Waals surface area (Å²) < 4.78 is 1.05. The molecule has 3 N–H and O–H groups in total. The van der Waals surface area contributed by atoms with Crippen molar-refractivity contribution in [2.45, 2.75) is 26.4 Å². The summed E-state index contributed by atoms with van der Waals surface area (Å²) in [7, 11) is 0. The Balaban J connectivity index is 2.40. The number of thiophene rings is 1. The van der Waals surface area contributed by atoms with Crippen molar-refractivity contribution in [2.24, 2.45) is 11.7 Å². The van der Waals surface area contributed by atoms with Crippen molar-refractivity contribution in [3.8, 4) is 0 Å². The molecule has 0 saturated heterocycles. The van der Waals surface area contributed by atoms with E-state index < -0.39 is 6.04 Å². The molecular formula is C10H15BrN2OS. The van der Waals surface area contributed by atoms with Crippen molar-refractivity contribution in [3.05, 3.63) is 20.8 Å². The second kappa shape index (κ2) is 5.63. The van der Waals surface area contributed by atoms with Gasteiger partial charge in [-0.15, -0.1) is 11.3 Å². The van der Waals surface area contributed by atoms with Crippen LogP contribution >= 0.6 is 27.3 Å². The Morgan fingerprint density at radius 3 is 2.80 bits per heavy atom. The van der Waals surface area contributed by atoms with Crippen LogP contribution in [0.15, 0.2) is 15.9 Å². The maximum atomic E-state index is 11.5. The number of carbonyl (C=O) groups excluding carboxylic acids is 1. The van der Waals surface area contributed by atoms with E-state index in [1.165, 1.54) is 0 Å². The average Bonchev–Trinajstić information content (AvgIpc) is 2.59. The molecule has 0 bridgehead atoms. The summed E-state index contributed by atoms with van der Waals surface area (Å²) >= 11 is 4.97. The Bertz CT molecular complexity index is 338. The van der Waals surface area contributed by atoms with Crippen molar-refractivity contribution in [2.75, 3.05) is 0 Å². The molecule has 0 aromatic carbocycles. The molecule has 3 nitrogen and oxygen atoms in total. The number of hydrogen-bond acceptors (Lipinski definition) is 3. The molecule has 0 aliphatic heterocycles. The fraction of sp³-hybridized carbons (Fsp3) is 0.500. The third kappa shape index (κ3) is 3.93. The lowest BCUT2D eigenvalue weighted by atomic mass is 10.1. The lowest BCUT2D eigenvalue weighted by Crippen LogP contribution is -2.43. The van der Waals surface area contributed by atoms with Crippen molar-refractivity contribution in [1.82, 2.24) is 5.32 Å². The van der Waals surface area contributed by atoms with Crippen LogP contribution in [0.4, 0.5) is 0 Å². The summed E-state index contributed by atoms with van der Waals surface area (Å²) in [4.78, 5) is 12.6. The van der Waals surface area contributed by atoms with Gasteiger partial charge in [0.05, 0.1) is 12.6 Å². The van der Waals surface area contributed by atoms with Crippen LogP contribution in [0.5, 0.6) is 0 Å². The van der Waals surface area contributed by atoms with E-state index in [4.69, 9.17) is 5.73 Å². The molecule has 5 heteroatoms. The van der Waals surface area contributed by atoms with Crippen LogP contribution in [-0.2, 0) is 11.3 Å². The SMILES string of the molecule is CC(C)[C@H](N)C(=O)NCc1cc(Br)cs1. The van der Waals surface area contributed by atoms with Crippen LogP contribution in [-0.4, -0.2) is 11.9 Å². The summed E-state index contributed by atoms with van der Waals surface area (Å²) in [5.41, 5.74) is 5.71. The molecule has 0 spiro atoms. The first-order valence-corrected chi connectivity index (χ1v) is 6.44. The highest BCUT2D eigenvalue weighted by atomic mass is 79.9. The Hall–Kier alpha value is -0.390. The molecule has 1 aromatic rings. The minimum absolute atomic E-state index is 0.0884. The van der Waals surface area contributed by atoms with Gasteiger partial charge in [-0.2, -0.15) is 0 Å². The summed E-state index contributed by atoms with van der Waals surface area (Å²) in [6.45, 7) is 4.42. The Kier molecular flexibility index (Phi) is 4.76. The minimum atomic E-state index is -0.423. The normalized spacial score (nSPS) is 12.9. The minimum Gasteiger partial charge on any atom is -0.350 e. The predicted molar refractivity (Wildman–Crippen MR) is 66.7 cm³/mol. The van der Waals surface area contributed by atoms with Gasteiger partial charge in [0, 0.05) is 14.7 Å². The van der Waals surface area contributed by atoms with E-state index in [1.807, 2.05) is 25.3 Å². The van der Waals surface area contributed by atoms with E-state index in [2.05, 4.69) is 21.2 Å². The first-order chi connectivity index (χ1) is 7.00. The standard InChI is InChI=1S/C10H15BrN2OS/c1-6(2)9(12)10(14)13-4-8-3-7(11)5-15-8/h3,5-6,9H,4,12H2,1-2H3,(H,13,14)/t9-/m0/s1. The molecule has 0 saturated carbocycles. The third-order valence-corrected chi connectivity index (χ3v) is 3.78. The third-order valence-electron chi connectivity index (χ3n) is 2.08. The van der Waals surface area contributed by atoms with Gasteiger partial charge in [-0.1, -0.05) is 13.8 Å². The zero-order valence-corrected chi connectivity index (χ0v) is 11.2. The first kappa shape index (κ1) is 12.7. The molecule has 1 atom stereocenters. The Morgan fingerprint density at radius 1 is 1.67 bits per heavy atom. The number of nitrogens with two attached hydrogens (primary N) is 1. The summed E-state index contributed by atoms with van der Waals surface area (Å²) in [6.07, 6.45) is 0. The lowest BCUT2D eigenvalue weighted by Gasteiger charge is -2.14. The van der Waals surface area contributed by atoms with Gasteiger partial charge < -0.3 is 11.1 Å². The number of halogens is 1. The monoisotopic (exact) mass is 290 g/mol. The van der Waals surface area contributed by atoms with Gasteiger partial charge in [0.1, 0.15) is 0 Å². The van der Waals surface area contributed by atoms with Gasteiger partial charge in [-0.3, -0.25) is 4.79 Å². The van der Waals surface area contributed by atoms with Gasteiger partial charge in [0.25, 0.3) is 0 Å². The Morgan fingerprint density at radius 2 is 2.33 bits per heavy atom. The van der Waals surface area contributed by atoms with E-state index in [0.717, 1.165) is 9.35 Å². The number of hydrogen-bond donors (Lipinski definition) is 2. The van der Waals surface area contributed by atoms with Gasteiger partial charge in [0.2, 0.25) is 5.91 Å². The molecule has 15 heavy (non-hydrogen) atoms. The van der Waals surface area contributed by atoms with Gasteiger partial charge in [-0.25, -0.2) is 0 Å². The van der Waals surface area contributed by atoms with Crippen molar-refractivity contribution in [3.63, 3.8) is 0 Å². The average molecular weight is 291 g/mol. The molecule has 1 aromatic heterocycles. The second-order valence-corrected chi connectivity index (χ2v) is 5.63. The summed E-state index contributed by atoms with van der Waals surface area (Å²) in [5, 5.41) is 4.81. The Labute approximate surface area is 102 Å². The van der Waals surface area contributed by atoms with Crippen molar-refractivity contribution in [1.29, 1.82) is 0 Å². The lowest BCUT2D eigenvalue weighted by molar-refractivity contribution is -0.123. The van der Waals surface area contributed by atoms with Crippen LogP contribution in [0.1, 0.15) is 18.7 Å². The van der Waals surface area contributed by atoms with Crippen LogP contribution in [0.3, 0.4) is 0 Å². The van der Waals surface area contributed by atoms with E-state index in [9.17, 15) is 4.79 Å². The highest BCUT2D eigenvalue weighted by Crippen LogP contribution is 2.19. The smallest absolute Gasteiger partial charge is 0.237 e. The van der Waals surface area contributed by atoms with Crippen molar-refractivity contribution >= 4 is 33.2 Å². The number of amides is 1. The van der Waals surface area contributed by atoms with E-state index in [0.29, 0.717) is 6.54 Å². The molecule has 0 radical (unpaired) electrons. The summed E-state index contributed by atoms with van der Waals surface area (Å²) in [6, 6.07) is 1.57.